The summed E-state index contributed by atoms with van der Waals surface area (Å²) in [6.07, 6.45) is 3.55. The van der Waals surface area contributed by atoms with Gasteiger partial charge in [0, 0.05) is 9.86 Å². The Morgan fingerprint density at radius 1 is 1.11 bits per heavy atom. The predicted molar refractivity (Wildman–Crippen MR) is 80.4 cm³/mol. The fraction of sp³-hybridized carbons (Fsp3) is 0.214. The molecule has 19 heavy (non-hydrogen) atoms. The number of benzene rings is 1. The second-order valence-corrected chi connectivity index (χ2v) is 4.73. The van der Waals surface area contributed by atoms with Crippen LogP contribution in [0, 0.1) is 6.92 Å². The second-order valence-electron chi connectivity index (χ2n) is 3.81. The van der Waals surface area contributed by atoms with Crippen molar-refractivity contribution in [3.8, 4) is 5.69 Å². The first-order valence-corrected chi connectivity index (χ1v) is 6.96. The average Bonchev–Trinajstić information content (AvgIpc) is 2.84. The molecule has 0 aliphatic heterocycles. The van der Waals surface area contributed by atoms with Gasteiger partial charge >= 0.3 is 0 Å². The molecule has 0 saturated carbocycles. The lowest BCUT2D eigenvalue weighted by atomic mass is 10.2. The summed E-state index contributed by atoms with van der Waals surface area (Å²) in [6, 6.07) is 8.03. The third kappa shape index (κ3) is 2.81. The highest BCUT2D eigenvalue weighted by Gasteiger charge is 2.06. The van der Waals surface area contributed by atoms with Crippen molar-refractivity contribution >= 4 is 26.8 Å². The summed E-state index contributed by atoms with van der Waals surface area (Å²) in [5.74, 6) is 0. The van der Waals surface area contributed by atoms with Gasteiger partial charge in [-0.2, -0.15) is 15.3 Å². The molecule has 0 bridgehead atoms. The zero-order chi connectivity index (χ0) is 13.8. The molecule has 2 aromatic heterocycles. The lowest BCUT2D eigenvalue weighted by Crippen LogP contribution is -1.98. The fourth-order valence-electron chi connectivity index (χ4n) is 1.77. The van der Waals surface area contributed by atoms with Gasteiger partial charge in [-0.25, -0.2) is 4.68 Å². The Hall–Kier alpha value is -1.75. The molecule has 2 heterocycles. The van der Waals surface area contributed by atoms with Gasteiger partial charge in [-0.3, -0.25) is 0 Å². The Labute approximate surface area is 120 Å². The maximum Gasteiger partial charge on any atom is 0.0873 e. The van der Waals surface area contributed by atoms with Gasteiger partial charge in [0.2, 0.25) is 0 Å². The van der Waals surface area contributed by atoms with Crippen molar-refractivity contribution in [3.63, 3.8) is 0 Å². The summed E-state index contributed by atoms with van der Waals surface area (Å²) in [6.45, 7) is 5.91. The standard InChI is InChI=1S/C12H9BrN4.C2H6/c1-8-4-11(7-14-16-8)17-12-5-10(13)3-2-9(12)6-15-17;1-2/h2-7H,1H3;1-2H3. The predicted octanol–water partition coefficient (Wildman–Crippen LogP) is 3.91. The number of hydrogen-bond donors (Lipinski definition) is 0. The van der Waals surface area contributed by atoms with Crippen LogP contribution in [0.15, 0.2) is 41.1 Å². The van der Waals surface area contributed by atoms with Crippen molar-refractivity contribution in [2.45, 2.75) is 20.8 Å². The highest BCUT2D eigenvalue weighted by atomic mass is 79.9. The van der Waals surface area contributed by atoms with E-state index in [1.54, 1.807) is 6.20 Å². The highest BCUT2D eigenvalue weighted by molar-refractivity contribution is 9.10. The smallest absolute Gasteiger partial charge is 0.0873 e. The Bertz CT molecular complexity index is 691. The van der Waals surface area contributed by atoms with Crippen LogP contribution in [0.5, 0.6) is 0 Å². The lowest BCUT2D eigenvalue weighted by Gasteiger charge is -2.03. The van der Waals surface area contributed by atoms with Crippen LogP contribution in [-0.2, 0) is 0 Å². The summed E-state index contributed by atoms with van der Waals surface area (Å²) in [4.78, 5) is 0. The van der Waals surface area contributed by atoms with Crippen LogP contribution in [-0.4, -0.2) is 20.0 Å². The third-order valence-electron chi connectivity index (χ3n) is 2.54. The largest absolute Gasteiger partial charge is 0.231 e. The first-order chi connectivity index (χ1) is 9.24. The number of aromatic nitrogens is 4. The van der Waals surface area contributed by atoms with Gasteiger partial charge in [0.25, 0.3) is 0 Å². The van der Waals surface area contributed by atoms with E-state index in [0.717, 1.165) is 26.8 Å². The molecule has 0 radical (unpaired) electrons. The minimum atomic E-state index is 0.876. The molecule has 0 aliphatic carbocycles. The first kappa shape index (κ1) is 13.7. The van der Waals surface area contributed by atoms with Crippen LogP contribution in [0.4, 0.5) is 0 Å². The quantitative estimate of drug-likeness (QED) is 0.683. The van der Waals surface area contributed by atoms with E-state index in [1.807, 2.05) is 55.9 Å². The van der Waals surface area contributed by atoms with Gasteiger partial charge in [-0.15, -0.1) is 0 Å². The minimum absolute atomic E-state index is 0.876. The lowest BCUT2D eigenvalue weighted by molar-refractivity contribution is 0.873. The fourth-order valence-corrected chi connectivity index (χ4v) is 2.12. The topological polar surface area (TPSA) is 43.6 Å². The molecular formula is C14H15BrN4. The van der Waals surface area contributed by atoms with Gasteiger partial charge in [0.1, 0.15) is 0 Å². The van der Waals surface area contributed by atoms with E-state index < -0.39 is 0 Å². The average molecular weight is 319 g/mol. The monoisotopic (exact) mass is 318 g/mol. The molecule has 0 fully saturated rings. The zero-order valence-electron chi connectivity index (χ0n) is 11.1. The van der Waals surface area contributed by atoms with Gasteiger partial charge in [-0.1, -0.05) is 35.8 Å². The molecule has 0 saturated heterocycles. The molecule has 98 valence electrons. The van der Waals surface area contributed by atoms with Crippen LogP contribution in [0.25, 0.3) is 16.6 Å². The van der Waals surface area contributed by atoms with Gasteiger partial charge in [-0.05, 0) is 25.1 Å². The highest BCUT2D eigenvalue weighted by Crippen LogP contribution is 2.21. The summed E-state index contributed by atoms with van der Waals surface area (Å²) >= 11 is 3.47. The van der Waals surface area contributed by atoms with Crippen LogP contribution in [0.2, 0.25) is 0 Å². The number of hydrogen-bond acceptors (Lipinski definition) is 3. The summed E-state index contributed by atoms with van der Waals surface area (Å²) in [7, 11) is 0. The van der Waals surface area contributed by atoms with Crippen LogP contribution in [0.3, 0.4) is 0 Å². The number of halogens is 1. The van der Waals surface area contributed by atoms with Crippen LogP contribution >= 0.6 is 15.9 Å². The first-order valence-electron chi connectivity index (χ1n) is 6.17. The molecule has 0 N–H and O–H groups in total. The Morgan fingerprint density at radius 2 is 1.89 bits per heavy atom. The Morgan fingerprint density at radius 3 is 2.63 bits per heavy atom. The number of aryl methyl sites for hydroxylation is 1. The van der Waals surface area contributed by atoms with Gasteiger partial charge in [0.05, 0.1) is 29.3 Å². The molecule has 4 nitrogen and oxygen atoms in total. The molecule has 0 spiro atoms. The number of rotatable bonds is 1. The van der Waals surface area contributed by atoms with Gasteiger partial charge in [0.15, 0.2) is 0 Å². The summed E-state index contributed by atoms with van der Waals surface area (Å²) < 4.78 is 2.90. The molecule has 1 aromatic carbocycles. The molecule has 0 unspecified atom stereocenters. The Kier molecular flexibility index (Phi) is 4.27. The second kappa shape index (κ2) is 5.93. The van der Waals surface area contributed by atoms with Crippen molar-refractivity contribution in [1.82, 2.24) is 20.0 Å². The Balaban J connectivity index is 0.000000637. The van der Waals surface area contributed by atoms with E-state index >= 15 is 0 Å². The van der Waals surface area contributed by atoms with Crippen LogP contribution in [0.1, 0.15) is 19.5 Å². The summed E-state index contributed by atoms with van der Waals surface area (Å²) in [5, 5.41) is 13.4. The van der Waals surface area contributed by atoms with Crippen molar-refractivity contribution in [2.75, 3.05) is 0 Å². The van der Waals surface area contributed by atoms with E-state index in [1.165, 1.54) is 0 Å². The maximum absolute atomic E-state index is 4.38. The van der Waals surface area contributed by atoms with Crippen molar-refractivity contribution in [3.05, 3.63) is 46.8 Å². The molecule has 3 aromatic rings. The molecular weight excluding hydrogens is 304 g/mol. The van der Waals surface area contributed by atoms with Crippen molar-refractivity contribution < 1.29 is 0 Å². The SMILES string of the molecule is CC.Cc1cc(-n2ncc3ccc(Br)cc32)cnn1. The van der Waals surface area contributed by atoms with E-state index in [0.29, 0.717) is 0 Å². The summed E-state index contributed by atoms with van der Waals surface area (Å²) in [5.41, 5.74) is 2.85. The number of nitrogens with zero attached hydrogens (tertiary/aromatic N) is 4. The van der Waals surface area contributed by atoms with E-state index in [4.69, 9.17) is 0 Å². The van der Waals surface area contributed by atoms with Crippen LogP contribution < -0.4 is 0 Å². The molecule has 3 rings (SSSR count). The minimum Gasteiger partial charge on any atom is -0.231 e. The van der Waals surface area contributed by atoms with E-state index in [2.05, 4.69) is 31.2 Å². The van der Waals surface area contributed by atoms with Crippen molar-refractivity contribution in [1.29, 1.82) is 0 Å². The van der Waals surface area contributed by atoms with E-state index in [9.17, 15) is 0 Å². The molecule has 0 atom stereocenters. The molecule has 0 aliphatic rings. The zero-order valence-corrected chi connectivity index (χ0v) is 12.7. The normalized spacial score (nSPS) is 10.1. The van der Waals surface area contributed by atoms with Crippen molar-refractivity contribution in [2.24, 2.45) is 0 Å². The van der Waals surface area contributed by atoms with Gasteiger partial charge < -0.3 is 0 Å². The molecule has 5 heteroatoms. The molecule has 0 amide bonds. The maximum atomic E-state index is 4.38. The third-order valence-corrected chi connectivity index (χ3v) is 3.03. The van der Waals surface area contributed by atoms with E-state index in [-0.39, 0.29) is 0 Å². The number of fused-ring (bicyclic) bond motifs is 1.